The number of urea groups is 1. The zero-order valence-corrected chi connectivity index (χ0v) is 16.7. The largest absolute Gasteiger partial charge is 0.454 e. The molecule has 0 saturated carbocycles. The van der Waals surface area contributed by atoms with Gasteiger partial charge in [-0.1, -0.05) is 0 Å². The Morgan fingerprint density at radius 3 is 2.47 bits per heavy atom. The summed E-state index contributed by atoms with van der Waals surface area (Å²) in [4.78, 5) is 48.3. The fourth-order valence-corrected chi connectivity index (χ4v) is 5.45. The molecule has 0 unspecified atom stereocenters. The summed E-state index contributed by atoms with van der Waals surface area (Å²) in [6.45, 7) is 0.892. The standard InChI is InChI=1S/C21H20N4O5/c1-23-18(26)21(19(27)24(2)20(23)28)9-12-6-11-7-14-15(30-10-29-14)8-13(11)22-17(12)25-5-3-4-16(21)25/h6-8,16H,3-5,9-10H2,1-2H3/t16-/m0/s1. The smallest absolute Gasteiger partial charge is 0.332 e. The molecule has 9 nitrogen and oxygen atoms in total. The molecule has 9 heteroatoms. The summed E-state index contributed by atoms with van der Waals surface area (Å²) in [5.41, 5.74) is 0.301. The topological polar surface area (TPSA) is 92.3 Å². The van der Waals surface area contributed by atoms with Crippen LogP contribution >= 0.6 is 0 Å². The van der Waals surface area contributed by atoms with Crippen LogP contribution in [0.15, 0.2) is 18.2 Å². The molecule has 1 spiro atoms. The van der Waals surface area contributed by atoms with Gasteiger partial charge in [-0.25, -0.2) is 9.78 Å². The minimum absolute atomic E-state index is 0.179. The van der Waals surface area contributed by atoms with Gasteiger partial charge in [0.05, 0.1) is 11.6 Å². The highest BCUT2D eigenvalue weighted by Gasteiger charge is 2.64. The zero-order valence-electron chi connectivity index (χ0n) is 16.7. The summed E-state index contributed by atoms with van der Waals surface area (Å²) in [6, 6.07) is 4.81. The molecule has 0 aliphatic carbocycles. The molecule has 4 amide bonds. The zero-order chi connectivity index (χ0) is 20.8. The van der Waals surface area contributed by atoms with Crippen molar-refractivity contribution in [3.8, 4) is 11.5 Å². The van der Waals surface area contributed by atoms with E-state index in [0.717, 1.165) is 38.5 Å². The second-order valence-corrected chi connectivity index (χ2v) is 8.38. The number of anilines is 1. The van der Waals surface area contributed by atoms with Crippen LogP contribution in [0.25, 0.3) is 10.9 Å². The van der Waals surface area contributed by atoms with E-state index >= 15 is 0 Å². The number of benzene rings is 1. The number of aromatic nitrogens is 1. The van der Waals surface area contributed by atoms with E-state index in [9.17, 15) is 14.4 Å². The van der Waals surface area contributed by atoms with Gasteiger partial charge in [0.15, 0.2) is 16.9 Å². The van der Waals surface area contributed by atoms with Gasteiger partial charge in [-0.05, 0) is 30.5 Å². The Morgan fingerprint density at radius 2 is 1.73 bits per heavy atom. The molecule has 5 heterocycles. The van der Waals surface area contributed by atoms with Gasteiger partial charge in [-0.3, -0.25) is 19.4 Å². The molecule has 2 fully saturated rings. The van der Waals surface area contributed by atoms with Gasteiger partial charge < -0.3 is 14.4 Å². The van der Waals surface area contributed by atoms with E-state index in [1.54, 1.807) is 0 Å². The fraction of sp³-hybridized carbons (Fsp3) is 0.429. The Bertz CT molecular complexity index is 1140. The van der Waals surface area contributed by atoms with Gasteiger partial charge in [-0.15, -0.1) is 0 Å². The Balaban J connectivity index is 1.56. The number of hydrogen-bond acceptors (Lipinski definition) is 7. The lowest BCUT2D eigenvalue weighted by Gasteiger charge is -2.50. The van der Waals surface area contributed by atoms with Crippen LogP contribution < -0.4 is 14.4 Å². The normalized spacial score (nSPS) is 24.1. The second-order valence-electron chi connectivity index (χ2n) is 8.38. The van der Waals surface area contributed by atoms with Crippen LogP contribution in [0.2, 0.25) is 0 Å². The fourth-order valence-electron chi connectivity index (χ4n) is 5.45. The lowest BCUT2D eigenvalue weighted by atomic mass is 9.68. The molecule has 2 aromatic rings. The predicted octanol–water partition coefficient (Wildman–Crippen LogP) is 1.53. The summed E-state index contributed by atoms with van der Waals surface area (Å²) < 4.78 is 11.0. The van der Waals surface area contributed by atoms with Gasteiger partial charge in [-0.2, -0.15) is 0 Å². The summed E-state index contributed by atoms with van der Waals surface area (Å²) in [5, 5.41) is 0.860. The molecule has 4 aliphatic rings. The average Bonchev–Trinajstić information content (AvgIpc) is 3.41. The number of pyridine rings is 1. The second kappa shape index (κ2) is 5.62. The Labute approximate surface area is 172 Å². The van der Waals surface area contributed by atoms with Crippen molar-refractivity contribution in [2.45, 2.75) is 25.3 Å². The minimum atomic E-state index is -1.31. The van der Waals surface area contributed by atoms with Crippen molar-refractivity contribution in [2.75, 3.05) is 32.3 Å². The van der Waals surface area contributed by atoms with Crippen LogP contribution in [0.3, 0.4) is 0 Å². The van der Waals surface area contributed by atoms with E-state index in [4.69, 9.17) is 14.5 Å². The first-order chi connectivity index (χ1) is 14.4. The molecule has 6 rings (SSSR count). The summed E-state index contributed by atoms with van der Waals surface area (Å²) >= 11 is 0. The van der Waals surface area contributed by atoms with Crippen LogP contribution in [0, 0.1) is 5.41 Å². The summed E-state index contributed by atoms with van der Waals surface area (Å²) in [6.07, 6.45) is 1.78. The van der Waals surface area contributed by atoms with E-state index in [2.05, 4.69) is 4.90 Å². The number of hydrogen-bond donors (Lipinski definition) is 0. The first-order valence-electron chi connectivity index (χ1n) is 10.0. The first-order valence-corrected chi connectivity index (χ1v) is 10.0. The monoisotopic (exact) mass is 408 g/mol. The number of amides is 4. The molecule has 1 aromatic heterocycles. The van der Waals surface area contributed by atoms with Crippen LogP contribution in [-0.4, -0.2) is 66.1 Å². The third-order valence-electron chi connectivity index (χ3n) is 6.87. The Morgan fingerprint density at radius 1 is 1.03 bits per heavy atom. The van der Waals surface area contributed by atoms with E-state index in [1.165, 1.54) is 14.1 Å². The molecule has 4 aliphatic heterocycles. The summed E-state index contributed by atoms with van der Waals surface area (Å²) in [7, 11) is 2.90. The average molecular weight is 408 g/mol. The maximum absolute atomic E-state index is 13.4. The maximum atomic E-state index is 13.4. The van der Waals surface area contributed by atoms with Gasteiger partial charge in [0.25, 0.3) is 0 Å². The molecule has 2 saturated heterocycles. The SMILES string of the molecule is CN1C(=O)N(C)C(=O)C2(Cc3cc4cc5c(cc4nc3N3CCC[C@H]32)OCO5)C1=O. The number of carbonyl (C=O) groups is 3. The van der Waals surface area contributed by atoms with Gasteiger partial charge in [0.2, 0.25) is 18.6 Å². The highest BCUT2D eigenvalue weighted by molar-refractivity contribution is 6.20. The van der Waals surface area contributed by atoms with Crippen molar-refractivity contribution in [3.05, 3.63) is 23.8 Å². The van der Waals surface area contributed by atoms with Crippen molar-refractivity contribution in [2.24, 2.45) is 5.41 Å². The van der Waals surface area contributed by atoms with E-state index < -0.39 is 23.3 Å². The van der Waals surface area contributed by atoms with Gasteiger partial charge >= 0.3 is 6.03 Å². The number of nitrogens with zero attached hydrogens (tertiary/aromatic N) is 4. The van der Waals surface area contributed by atoms with E-state index in [0.29, 0.717) is 24.5 Å². The molecule has 30 heavy (non-hydrogen) atoms. The van der Waals surface area contributed by atoms with Gasteiger partial charge in [0, 0.05) is 38.5 Å². The van der Waals surface area contributed by atoms with E-state index in [1.807, 2.05) is 18.2 Å². The number of carbonyl (C=O) groups excluding carboxylic acids is 3. The quantitative estimate of drug-likeness (QED) is 0.611. The van der Waals surface area contributed by atoms with Gasteiger partial charge in [0.1, 0.15) is 5.82 Å². The third-order valence-corrected chi connectivity index (χ3v) is 6.87. The van der Waals surface area contributed by atoms with Crippen LogP contribution in [0.1, 0.15) is 18.4 Å². The third kappa shape index (κ3) is 1.97. The van der Waals surface area contributed by atoms with E-state index in [-0.39, 0.29) is 19.3 Å². The number of barbiturate groups is 1. The lowest BCUT2D eigenvalue weighted by molar-refractivity contribution is -0.159. The van der Waals surface area contributed by atoms with Crippen LogP contribution in [0.4, 0.5) is 10.6 Å². The lowest BCUT2D eigenvalue weighted by Crippen LogP contribution is -2.70. The molecule has 0 radical (unpaired) electrons. The maximum Gasteiger partial charge on any atom is 0.332 e. The van der Waals surface area contributed by atoms with Crippen molar-refractivity contribution in [1.29, 1.82) is 0 Å². The first kappa shape index (κ1) is 17.5. The molecule has 154 valence electrons. The summed E-state index contributed by atoms with van der Waals surface area (Å²) in [5.74, 6) is 1.27. The molecular formula is C21H20N4O5. The number of imide groups is 2. The van der Waals surface area contributed by atoms with Crippen molar-refractivity contribution in [1.82, 2.24) is 14.8 Å². The minimum Gasteiger partial charge on any atom is -0.454 e. The van der Waals surface area contributed by atoms with Crippen LogP contribution in [0.5, 0.6) is 11.5 Å². The molecule has 1 aromatic carbocycles. The van der Waals surface area contributed by atoms with Crippen molar-refractivity contribution >= 4 is 34.6 Å². The molecule has 1 atom stereocenters. The number of fused-ring (bicyclic) bond motifs is 6. The number of rotatable bonds is 0. The Kier molecular flexibility index (Phi) is 3.28. The highest BCUT2D eigenvalue weighted by Crippen LogP contribution is 2.49. The predicted molar refractivity (Wildman–Crippen MR) is 105 cm³/mol. The van der Waals surface area contributed by atoms with Crippen LogP contribution in [-0.2, 0) is 16.0 Å². The molecule has 0 bridgehead atoms. The molecule has 0 N–H and O–H groups in total. The van der Waals surface area contributed by atoms with Crippen molar-refractivity contribution in [3.63, 3.8) is 0 Å². The van der Waals surface area contributed by atoms with Crippen molar-refractivity contribution < 1.29 is 23.9 Å². The number of ether oxygens (including phenoxy) is 2. The molecular weight excluding hydrogens is 388 g/mol. The Hall–Kier alpha value is -3.36. The highest BCUT2D eigenvalue weighted by atomic mass is 16.7.